The molecule has 12 heavy (non-hydrogen) atoms. The molecule has 2 unspecified atom stereocenters. The third-order valence-corrected chi connectivity index (χ3v) is 3.01. The van der Waals surface area contributed by atoms with E-state index >= 15 is 0 Å². The molecule has 2 aliphatic heterocycles. The lowest BCUT2D eigenvalue weighted by molar-refractivity contribution is 0.140. The van der Waals surface area contributed by atoms with Crippen LogP contribution in [-0.2, 0) is 4.74 Å². The Balaban J connectivity index is 2.01. The Bertz CT molecular complexity index is 193. The molecule has 3 heteroatoms. The first-order chi connectivity index (χ1) is 5.81. The van der Waals surface area contributed by atoms with Gasteiger partial charge in [0, 0.05) is 6.54 Å². The number of hydrogen-bond acceptors (Lipinski definition) is 2. The highest BCUT2D eigenvalue weighted by atomic mass is 16.6. The first-order valence-corrected chi connectivity index (χ1v) is 4.74. The maximum atomic E-state index is 11.2. The van der Waals surface area contributed by atoms with Gasteiger partial charge < -0.3 is 9.64 Å². The minimum atomic E-state index is -0.0989. The molecule has 0 spiro atoms. The fraction of sp³-hybridized carbons (Fsp3) is 0.889. The maximum absolute atomic E-state index is 11.2. The number of cyclic esters (lactones) is 1. The second-order valence-electron chi connectivity index (χ2n) is 3.73. The highest BCUT2D eigenvalue weighted by Crippen LogP contribution is 2.28. The highest BCUT2D eigenvalue weighted by molar-refractivity contribution is 5.70. The fourth-order valence-electron chi connectivity index (χ4n) is 2.08. The van der Waals surface area contributed by atoms with E-state index in [1.807, 2.05) is 4.90 Å². The van der Waals surface area contributed by atoms with Crippen molar-refractivity contribution in [3.05, 3.63) is 0 Å². The molecule has 0 radical (unpaired) electrons. The Morgan fingerprint density at radius 3 is 3.17 bits per heavy atom. The molecule has 2 aliphatic rings. The normalized spacial score (nSPS) is 34.8. The van der Waals surface area contributed by atoms with Crippen molar-refractivity contribution in [3.63, 3.8) is 0 Å². The molecule has 2 heterocycles. The van der Waals surface area contributed by atoms with E-state index in [1.165, 1.54) is 12.8 Å². The van der Waals surface area contributed by atoms with Gasteiger partial charge in [0.05, 0.1) is 6.04 Å². The van der Waals surface area contributed by atoms with E-state index in [-0.39, 0.29) is 6.09 Å². The van der Waals surface area contributed by atoms with Gasteiger partial charge in [0.15, 0.2) is 0 Å². The molecular formula is C9H15NO2. The Hall–Kier alpha value is -0.730. The SMILES string of the molecule is CCC1CCC2COC(=O)N2C1. The summed E-state index contributed by atoms with van der Waals surface area (Å²) in [6, 6.07) is 0.389. The number of rotatable bonds is 1. The number of carbonyl (C=O) groups excluding carboxylic acids is 1. The predicted molar refractivity (Wildman–Crippen MR) is 44.9 cm³/mol. The Kier molecular flexibility index (Phi) is 1.95. The number of nitrogens with zero attached hydrogens (tertiary/aromatic N) is 1. The molecule has 2 atom stereocenters. The molecule has 0 N–H and O–H groups in total. The lowest BCUT2D eigenvalue weighted by Crippen LogP contribution is -2.41. The molecule has 0 aromatic heterocycles. The molecule has 68 valence electrons. The van der Waals surface area contributed by atoms with Crippen LogP contribution in [0.5, 0.6) is 0 Å². The second kappa shape index (κ2) is 2.96. The van der Waals surface area contributed by atoms with E-state index in [0.29, 0.717) is 18.6 Å². The van der Waals surface area contributed by atoms with E-state index in [0.717, 1.165) is 13.0 Å². The number of ether oxygens (including phenoxy) is 1. The number of hydrogen-bond donors (Lipinski definition) is 0. The molecule has 3 nitrogen and oxygen atoms in total. The molecule has 0 aromatic rings. The van der Waals surface area contributed by atoms with Gasteiger partial charge in [-0.15, -0.1) is 0 Å². The zero-order valence-corrected chi connectivity index (χ0v) is 7.45. The number of carbonyl (C=O) groups is 1. The summed E-state index contributed by atoms with van der Waals surface area (Å²) in [6.45, 7) is 3.72. The third kappa shape index (κ3) is 1.17. The molecule has 0 aromatic carbocycles. The van der Waals surface area contributed by atoms with Gasteiger partial charge in [-0.3, -0.25) is 0 Å². The summed E-state index contributed by atoms with van der Waals surface area (Å²) in [5.74, 6) is 0.701. The van der Waals surface area contributed by atoms with Crippen LogP contribution >= 0.6 is 0 Å². The van der Waals surface area contributed by atoms with Crippen LogP contribution in [0.15, 0.2) is 0 Å². The lowest BCUT2D eigenvalue weighted by atomic mass is 9.92. The molecule has 2 rings (SSSR count). The quantitative estimate of drug-likeness (QED) is 0.597. The van der Waals surface area contributed by atoms with Crippen molar-refractivity contribution < 1.29 is 9.53 Å². The molecule has 1 amide bonds. The van der Waals surface area contributed by atoms with E-state index in [4.69, 9.17) is 4.74 Å². The zero-order chi connectivity index (χ0) is 8.55. The van der Waals surface area contributed by atoms with Gasteiger partial charge in [0.25, 0.3) is 0 Å². The Morgan fingerprint density at radius 2 is 2.42 bits per heavy atom. The summed E-state index contributed by atoms with van der Waals surface area (Å²) in [5.41, 5.74) is 0. The largest absolute Gasteiger partial charge is 0.447 e. The van der Waals surface area contributed by atoms with Crippen LogP contribution < -0.4 is 0 Å². The molecule has 0 saturated carbocycles. The summed E-state index contributed by atoms with van der Waals surface area (Å²) in [7, 11) is 0. The van der Waals surface area contributed by atoms with E-state index < -0.39 is 0 Å². The maximum Gasteiger partial charge on any atom is 0.410 e. The monoisotopic (exact) mass is 169 g/mol. The van der Waals surface area contributed by atoms with Crippen LogP contribution in [0.4, 0.5) is 4.79 Å². The highest BCUT2D eigenvalue weighted by Gasteiger charge is 2.37. The topological polar surface area (TPSA) is 29.5 Å². The summed E-state index contributed by atoms with van der Waals surface area (Å²) in [6.07, 6.45) is 3.47. The number of amides is 1. The fourth-order valence-corrected chi connectivity index (χ4v) is 2.08. The molecule has 0 bridgehead atoms. The first kappa shape index (κ1) is 7.90. The van der Waals surface area contributed by atoms with Crippen molar-refractivity contribution in [1.29, 1.82) is 0 Å². The minimum Gasteiger partial charge on any atom is -0.447 e. The van der Waals surface area contributed by atoms with Gasteiger partial charge in [-0.1, -0.05) is 13.3 Å². The smallest absolute Gasteiger partial charge is 0.410 e. The standard InChI is InChI=1S/C9H15NO2/c1-2-7-3-4-8-6-12-9(11)10(8)5-7/h7-8H,2-6H2,1H3. The number of piperidine rings is 1. The Labute approximate surface area is 72.7 Å². The van der Waals surface area contributed by atoms with Crippen molar-refractivity contribution in [3.8, 4) is 0 Å². The number of fused-ring (bicyclic) bond motifs is 1. The van der Waals surface area contributed by atoms with E-state index in [9.17, 15) is 4.79 Å². The lowest BCUT2D eigenvalue weighted by Gasteiger charge is -2.31. The van der Waals surface area contributed by atoms with Crippen LogP contribution in [0.25, 0.3) is 0 Å². The van der Waals surface area contributed by atoms with Crippen molar-refractivity contribution in [2.45, 2.75) is 32.2 Å². The zero-order valence-electron chi connectivity index (χ0n) is 7.45. The van der Waals surface area contributed by atoms with Gasteiger partial charge in [-0.2, -0.15) is 0 Å². The van der Waals surface area contributed by atoms with Crippen LogP contribution in [0, 0.1) is 5.92 Å². The average Bonchev–Trinajstić information content (AvgIpc) is 2.47. The summed E-state index contributed by atoms with van der Waals surface area (Å²) >= 11 is 0. The van der Waals surface area contributed by atoms with Crippen molar-refractivity contribution >= 4 is 6.09 Å². The summed E-state index contributed by atoms with van der Waals surface area (Å²) in [5, 5.41) is 0. The van der Waals surface area contributed by atoms with E-state index in [2.05, 4.69) is 6.92 Å². The van der Waals surface area contributed by atoms with Crippen molar-refractivity contribution in [1.82, 2.24) is 4.90 Å². The van der Waals surface area contributed by atoms with Gasteiger partial charge in [0.1, 0.15) is 6.61 Å². The third-order valence-electron chi connectivity index (χ3n) is 3.01. The molecule has 0 aliphatic carbocycles. The van der Waals surface area contributed by atoms with Crippen LogP contribution in [0.2, 0.25) is 0 Å². The van der Waals surface area contributed by atoms with Crippen LogP contribution in [0.3, 0.4) is 0 Å². The molecule has 2 saturated heterocycles. The molecular weight excluding hydrogens is 154 g/mol. The van der Waals surface area contributed by atoms with Gasteiger partial charge in [-0.05, 0) is 18.8 Å². The van der Waals surface area contributed by atoms with Gasteiger partial charge in [-0.25, -0.2) is 4.79 Å². The predicted octanol–water partition coefficient (Wildman–Crippen LogP) is 1.63. The van der Waals surface area contributed by atoms with Gasteiger partial charge >= 0.3 is 6.09 Å². The van der Waals surface area contributed by atoms with Crippen LogP contribution in [-0.4, -0.2) is 30.2 Å². The summed E-state index contributed by atoms with van der Waals surface area (Å²) < 4.78 is 4.98. The van der Waals surface area contributed by atoms with Crippen molar-refractivity contribution in [2.75, 3.05) is 13.2 Å². The first-order valence-electron chi connectivity index (χ1n) is 4.74. The van der Waals surface area contributed by atoms with Gasteiger partial charge in [0.2, 0.25) is 0 Å². The minimum absolute atomic E-state index is 0.0989. The molecule has 2 fully saturated rings. The Morgan fingerprint density at radius 1 is 1.58 bits per heavy atom. The summed E-state index contributed by atoms with van der Waals surface area (Å²) in [4.78, 5) is 13.1. The van der Waals surface area contributed by atoms with E-state index in [1.54, 1.807) is 0 Å². The van der Waals surface area contributed by atoms with Crippen LogP contribution in [0.1, 0.15) is 26.2 Å². The van der Waals surface area contributed by atoms with Crippen molar-refractivity contribution in [2.24, 2.45) is 5.92 Å². The second-order valence-corrected chi connectivity index (χ2v) is 3.73. The average molecular weight is 169 g/mol.